The SMILES string of the molecule is CC1(C)O[C@@H]2[C@H](O1)[C@@H]1C[C@H]2C(Cl)=C(Cl)C1(Cl)Cl. The molecular formula is C11H12Cl4O2. The van der Waals surface area contributed by atoms with E-state index in [4.69, 9.17) is 55.9 Å². The maximum Gasteiger partial charge on any atom is 0.163 e. The lowest BCUT2D eigenvalue weighted by molar-refractivity contribution is -0.160. The van der Waals surface area contributed by atoms with Gasteiger partial charge in [0.15, 0.2) is 10.1 Å². The highest BCUT2D eigenvalue weighted by Gasteiger charge is 2.64. The first-order valence-electron chi connectivity index (χ1n) is 5.53. The molecule has 4 atom stereocenters. The second-order valence-electron chi connectivity index (χ2n) is 5.30. The zero-order chi connectivity index (χ0) is 12.6. The average Bonchev–Trinajstić information content (AvgIpc) is 2.66. The number of rotatable bonds is 0. The van der Waals surface area contributed by atoms with Crippen molar-refractivity contribution < 1.29 is 9.47 Å². The minimum atomic E-state index is -1.17. The molecule has 0 amide bonds. The number of hydrogen-bond donors (Lipinski definition) is 0. The zero-order valence-corrected chi connectivity index (χ0v) is 12.4. The van der Waals surface area contributed by atoms with Crippen LogP contribution in [0.4, 0.5) is 0 Å². The van der Waals surface area contributed by atoms with Crippen molar-refractivity contribution in [3.8, 4) is 0 Å². The van der Waals surface area contributed by atoms with Gasteiger partial charge in [0.2, 0.25) is 0 Å². The number of allylic oxidation sites excluding steroid dienone is 1. The topological polar surface area (TPSA) is 18.5 Å². The molecule has 0 unspecified atom stereocenters. The van der Waals surface area contributed by atoms with Gasteiger partial charge in [-0.1, -0.05) is 46.4 Å². The fraction of sp³-hybridized carbons (Fsp3) is 0.818. The summed E-state index contributed by atoms with van der Waals surface area (Å²) in [5, 5.41) is 0.838. The Hall–Kier alpha value is 0.820. The van der Waals surface area contributed by atoms with Crippen molar-refractivity contribution in [1.82, 2.24) is 0 Å². The van der Waals surface area contributed by atoms with Crippen LogP contribution in [-0.2, 0) is 9.47 Å². The Kier molecular flexibility index (Phi) is 2.78. The van der Waals surface area contributed by atoms with Gasteiger partial charge in [0.1, 0.15) is 0 Å². The van der Waals surface area contributed by atoms with Crippen molar-refractivity contribution in [2.45, 2.75) is 42.6 Å². The van der Waals surface area contributed by atoms with Gasteiger partial charge in [-0.05, 0) is 20.3 Å². The largest absolute Gasteiger partial charge is 0.344 e. The van der Waals surface area contributed by atoms with Gasteiger partial charge in [-0.25, -0.2) is 0 Å². The maximum absolute atomic E-state index is 6.33. The van der Waals surface area contributed by atoms with Crippen LogP contribution in [0.3, 0.4) is 0 Å². The van der Waals surface area contributed by atoms with Crippen LogP contribution in [0.15, 0.2) is 10.1 Å². The lowest BCUT2D eigenvalue weighted by atomic mass is 9.93. The van der Waals surface area contributed by atoms with Gasteiger partial charge in [0, 0.05) is 16.9 Å². The van der Waals surface area contributed by atoms with Crippen molar-refractivity contribution in [2.24, 2.45) is 11.8 Å². The van der Waals surface area contributed by atoms with Crippen molar-refractivity contribution in [1.29, 1.82) is 0 Å². The second kappa shape index (κ2) is 3.68. The quantitative estimate of drug-likeness (QED) is 0.628. The van der Waals surface area contributed by atoms with Crippen LogP contribution in [0.1, 0.15) is 20.3 Å². The van der Waals surface area contributed by atoms with E-state index in [1.54, 1.807) is 0 Å². The van der Waals surface area contributed by atoms with Gasteiger partial charge in [0.25, 0.3) is 0 Å². The standard InChI is InChI=1S/C11H12Cl4O2/c1-10(2)16-7-4-3-5(8(7)17-10)11(14,15)9(13)6(4)12/h4-5,7-8H,3H2,1-2H3/t4-,5-,7-,8+/m0/s1. The molecule has 0 aromatic carbocycles. The molecule has 1 saturated carbocycles. The minimum Gasteiger partial charge on any atom is -0.344 e. The molecule has 3 rings (SSSR count). The molecule has 0 spiro atoms. The van der Waals surface area contributed by atoms with Crippen LogP contribution in [-0.4, -0.2) is 22.3 Å². The molecule has 2 bridgehead atoms. The molecule has 2 aliphatic carbocycles. The minimum absolute atomic E-state index is 0.0477. The predicted molar refractivity (Wildman–Crippen MR) is 68.6 cm³/mol. The van der Waals surface area contributed by atoms with Gasteiger partial charge >= 0.3 is 0 Å². The first-order valence-corrected chi connectivity index (χ1v) is 7.04. The number of hydrogen-bond acceptors (Lipinski definition) is 2. The molecule has 3 aliphatic rings. The first kappa shape index (κ1) is 12.8. The summed E-state index contributed by atoms with van der Waals surface area (Å²) in [5.74, 6) is -0.638. The number of fused-ring (bicyclic) bond motifs is 5. The molecule has 0 aromatic rings. The lowest BCUT2D eigenvalue weighted by Crippen LogP contribution is -2.37. The van der Waals surface area contributed by atoms with E-state index in [1.807, 2.05) is 13.8 Å². The van der Waals surface area contributed by atoms with Crippen LogP contribution < -0.4 is 0 Å². The van der Waals surface area contributed by atoms with Crippen molar-refractivity contribution >= 4 is 46.4 Å². The van der Waals surface area contributed by atoms with Crippen LogP contribution >= 0.6 is 46.4 Å². The molecule has 0 aromatic heterocycles. The van der Waals surface area contributed by atoms with E-state index >= 15 is 0 Å². The van der Waals surface area contributed by atoms with E-state index in [0.717, 1.165) is 6.42 Å². The maximum atomic E-state index is 6.33. The predicted octanol–water partition coefficient (Wildman–Crippen LogP) is 4.02. The van der Waals surface area contributed by atoms with Crippen LogP contribution in [0, 0.1) is 11.8 Å². The third-order valence-electron chi connectivity index (χ3n) is 3.76. The van der Waals surface area contributed by atoms with Crippen LogP contribution in [0.5, 0.6) is 0 Å². The normalized spacial score (nSPS) is 46.2. The highest BCUT2D eigenvalue weighted by Crippen LogP contribution is 2.61. The van der Waals surface area contributed by atoms with Crippen molar-refractivity contribution in [2.75, 3.05) is 0 Å². The molecule has 6 heteroatoms. The van der Waals surface area contributed by atoms with Gasteiger partial charge < -0.3 is 9.47 Å². The third kappa shape index (κ3) is 1.69. The Labute approximate surface area is 120 Å². The summed E-state index contributed by atoms with van der Waals surface area (Å²) in [6.07, 6.45) is 0.513. The summed E-state index contributed by atoms with van der Waals surface area (Å²) in [7, 11) is 0. The van der Waals surface area contributed by atoms with E-state index < -0.39 is 10.1 Å². The Morgan fingerprint density at radius 3 is 2.35 bits per heavy atom. The lowest BCUT2D eigenvalue weighted by Gasteiger charge is -2.34. The second-order valence-corrected chi connectivity index (χ2v) is 7.47. The van der Waals surface area contributed by atoms with Gasteiger partial charge in [0.05, 0.1) is 17.2 Å². The van der Waals surface area contributed by atoms with Crippen LogP contribution in [0.2, 0.25) is 0 Å². The molecule has 1 aliphatic heterocycles. The molecule has 17 heavy (non-hydrogen) atoms. The van der Waals surface area contributed by atoms with Crippen molar-refractivity contribution in [3.63, 3.8) is 0 Å². The molecule has 2 fully saturated rings. The Balaban J connectivity index is 2.04. The monoisotopic (exact) mass is 316 g/mol. The van der Waals surface area contributed by atoms with E-state index in [-0.39, 0.29) is 24.0 Å². The molecule has 2 nitrogen and oxygen atoms in total. The van der Waals surface area contributed by atoms with E-state index in [9.17, 15) is 0 Å². The summed E-state index contributed by atoms with van der Waals surface area (Å²) < 4.78 is 10.6. The Morgan fingerprint density at radius 2 is 1.71 bits per heavy atom. The molecule has 1 saturated heterocycles. The number of alkyl halides is 2. The summed E-state index contributed by atoms with van der Waals surface area (Å²) in [4.78, 5) is 0. The van der Waals surface area contributed by atoms with Crippen molar-refractivity contribution in [3.05, 3.63) is 10.1 Å². The zero-order valence-electron chi connectivity index (χ0n) is 9.34. The molecule has 96 valence electrons. The van der Waals surface area contributed by atoms with Crippen LogP contribution in [0.25, 0.3) is 0 Å². The summed E-state index contributed by atoms with van der Waals surface area (Å²) in [5.41, 5.74) is 0. The van der Waals surface area contributed by atoms with Gasteiger partial charge in [-0.15, -0.1) is 0 Å². The highest BCUT2D eigenvalue weighted by atomic mass is 35.5. The third-order valence-corrected chi connectivity index (χ3v) is 5.96. The fourth-order valence-electron chi connectivity index (χ4n) is 3.07. The first-order chi connectivity index (χ1) is 7.74. The average molecular weight is 318 g/mol. The van der Waals surface area contributed by atoms with Gasteiger partial charge in [-0.2, -0.15) is 0 Å². The Bertz CT molecular complexity index is 404. The Morgan fingerprint density at radius 1 is 1.12 bits per heavy atom. The summed E-state index contributed by atoms with van der Waals surface area (Å²) >= 11 is 25.0. The molecule has 0 N–H and O–H groups in total. The number of halogens is 4. The molecular weight excluding hydrogens is 306 g/mol. The molecule has 1 heterocycles. The van der Waals surface area contributed by atoms with E-state index in [2.05, 4.69) is 0 Å². The number of ether oxygens (including phenoxy) is 2. The smallest absolute Gasteiger partial charge is 0.163 e. The summed E-state index contributed by atoms with van der Waals surface area (Å²) in [6.45, 7) is 3.76. The highest BCUT2D eigenvalue weighted by molar-refractivity contribution is 6.58. The molecule has 0 radical (unpaired) electrons. The fourth-order valence-corrected chi connectivity index (χ4v) is 4.44. The van der Waals surface area contributed by atoms with E-state index in [0.29, 0.717) is 10.1 Å². The summed E-state index contributed by atoms with van der Waals surface area (Å²) in [6, 6.07) is 0. The van der Waals surface area contributed by atoms with E-state index in [1.165, 1.54) is 0 Å². The van der Waals surface area contributed by atoms with Gasteiger partial charge in [-0.3, -0.25) is 0 Å².